The Labute approximate surface area is 124 Å². The highest BCUT2D eigenvalue weighted by molar-refractivity contribution is 5.25. The van der Waals surface area contributed by atoms with Crippen LogP contribution in [0.15, 0.2) is 24.3 Å². The largest absolute Gasteiger partial charge is 0.380 e. The molecule has 0 saturated carbocycles. The van der Waals surface area contributed by atoms with Crippen molar-refractivity contribution in [2.75, 3.05) is 13.2 Å². The molecule has 1 aromatic carbocycles. The average molecular weight is 277 g/mol. The van der Waals surface area contributed by atoms with Gasteiger partial charge in [0, 0.05) is 18.7 Å². The van der Waals surface area contributed by atoms with Gasteiger partial charge in [0.05, 0.1) is 6.61 Å². The van der Waals surface area contributed by atoms with Crippen LogP contribution in [-0.4, -0.2) is 19.3 Å². The Morgan fingerprint density at radius 1 is 1.05 bits per heavy atom. The summed E-state index contributed by atoms with van der Waals surface area (Å²) in [6.45, 7) is 12.6. The molecule has 0 spiro atoms. The zero-order chi connectivity index (χ0) is 15.0. The molecule has 1 N–H and O–H groups in total. The lowest BCUT2D eigenvalue weighted by molar-refractivity contribution is 0.103. The predicted molar refractivity (Wildman–Crippen MR) is 87.1 cm³/mol. The van der Waals surface area contributed by atoms with Crippen LogP contribution in [0.4, 0.5) is 0 Å². The van der Waals surface area contributed by atoms with Gasteiger partial charge in [-0.05, 0) is 36.8 Å². The second kappa shape index (κ2) is 9.15. The van der Waals surface area contributed by atoms with Crippen molar-refractivity contribution < 1.29 is 4.74 Å². The number of hydrogen-bond acceptors (Lipinski definition) is 2. The first-order chi connectivity index (χ1) is 9.62. The van der Waals surface area contributed by atoms with Crippen molar-refractivity contribution in [3.63, 3.8) is 0 Å². The van der Waals surface area contributed by atoms with E-state index in [1.54, 1.807) is 0 Å². The molecule has 0 aliphatic heterocycles. The fourth-order valence-electron chi connectivity index (χ4n) is 2.37. The summed E-state index contributed by atoms with van der Waals surface area (Å²) < 4.78 is 5.61. The van der Waals surface area contributed by atoms with Crippen LogP contribution in [0.3, 0.4) is 0 Å². The molecule has 2 unspecified atom stereocenters. The fraction of sp³-hybridized carbons (Fsp3) is 0.667. The Bertz CT molecular complexity index is 358. The smallest absolute Gasteiger partial charge is 0.0622 e. The molecule has 2 heteroatoms. The molecular weight excluding hydrogens is 246 g/mol. The van der Waals surface area contributed by atoms with Crippen molar-refractivity contribution in [1.82, 2.24) is 5.32 Å². The summed E-state index contributed by atoms with van der Waals surface area (Å²) in [6.07, 6.45) is 2.20. The lowest BCUT2D eigenvalue weighted by Gasteiger charge is -2.28. The highest BCUT2D eigenvalue weighted by Gasteiger charge is 2.18. The van der Waals surface area contributed by atoms with Crippen LogP contribution in [0.2, 0.25) is 0 Å². The van der Waals surface area contributed by atoms with Crippen molar-refractivity contribution in [1.29, 1.82) is 0 Å². The molecule has 0 heterocycles. The minimum absolute atomic E-state index is 0.408. The summed E-state index contributed by atoms with van der Waals surface area (Å²) in [7, 11) is 0. The molecule has 0 aromatic heterocycles. The highest BCUT2D eigenvalue weighted by Crippen LogP contribution is 2.20. The van der Waals surface area contributed by atoms with E-state index < -0.39 is 0 Å². The van der Waals surface area contributed by atoms with E-state index in [0.717, 1.165) is 26.1 Å². The van der Waals surface area contributed by atoms with E-state index in [0.29, 0.717) is 18.0 Å². The van der Waals surface area contributed by atoms with Crippen LogP contribution in [0.25, 0.3) is 0 Å². The molecule has 0 saturated heterocycles. The summed E-state index contributed by atoms with van der Waals surface area (Å²) in [5.74, 6) is 0.575. The van der Waals surface area contributed by atoms with Gasteiger partial charge in [-0.1, -0.05) is 52.0 Å². The summed E-state index contributed by atoms with van der Waals surface area (Å²) >= 11 is 0. The highest BCUT2D eigenvalue weighted by atomic mass is 16.5. The maximum atomic E-state index is 5.61. The molecule has 1 rings (SSSR count). The Morgan fingerprint density at radius 2 is 1.70 bits per heavy atom. The molecule has 2 atom stereocenters. The number of ether oxygens (including phenoxy) is 1. The van der Waals surface area contributed by atoms with E-state index in [1.165, 1.54) is 11.1 Å². The van der Waals surface area contributed by atoms with Crippen LogP contribution in [-0.2, 0) is 11.2 Å². The van der Waals surface area contributed by atoms with Crippen molar-refractivity contribution in [3.8, 4) is 0 Å². The Morgan fingerprint density at radius 3 is 2.15 bits per heavy atom. The third-order valence-corrected chi connectivity index (χ3v) is 3.92. The van der Waals surface area contributed by atoms with E-state index in [-0.39, 0.29) is 0 Å². The second-order valence-corrected chi connectivity index (χ2v) is 5.73. The van der Waals surface area contributed by atoms with Crippen LogP contribution in [0, 0.1) is 5.92 Å². The van der Waals surface area contributed by atoms with Gasteiger partial charge in [-0.25, -0.2) is 0 Å². The molecule has 0 radical (unpaired) electrons. The van der Waals surface area contributed by atoms with Gasteiger partial charge in [-0.15, -0.1) is 0 Å². The Balaban J connectivity index is 2.72. The first-order valence-corrected chi connectivity index (χ1v) is 8.04. The van der Waals surface area contributed by atoms with E-state index in [1.807, 2.05) is 0 Å². The molecule has 0 bridgehead atoms. The number of aryl methyl sites for hydroxylation is 1. The lowest BCUT2D eigenvalue weighted by atomic mass is 9.98. The third-order valence-electron chi connectivity index (χ3n) is 3.92. The minimum Gasteiger partial charge on any atom is -0.380 e. The van der Waals surface area contributed by atoms with Gasteiger partial charge in [-0.2, -0.15) is 0 Å². The normalized spacial score (nSPS) is 14.5. The van der Waals surface area contributed by atoms with E-state index >= 15 is 0 Å². The number of nitrogens with one attached hydrogen (secondary N) is 1. The van der Waals surface area contributed by atoms with E-state index in [2.05, 4.69) is 64.2 Å². The monoisotopic (exact) mass is 277 g/mol. The average Bonchev–Trinajstić information content (AvgIpc) is 2.47. The second-order valence-electron chi connectivity index (χ2n) is 5.73. The molecule has 114 valence electrons. The van der Waals surface area contributed by atoms with Crippen LogP contribution in [0.5, 0.6) is 0 Å². The molecule has 0 amide bonds. The molecular formula is C18H31NO. The van der Waals surface area contributed by atoms with Crippen LogP contribution < -0.4 is 5.32 Å². The molecule has 2 nitrogen and oxygen atoms in total. The number of benzene rings is 1. The number of hydrogen-bond donors (Lipinski definition) is 1. The van der Waals surface area contributed by atoms with Crippen LogP contribution >= 0.6 is 0 Å². The van der Waals surface area contributed by atoms with Gasteiger partial charge >= 0.3 is 0 Å². The van der Waals surface area contributed by atoms with Crippen molar-refractivity contribution in [2.45, 2.75) is 59.5 Å². The molecule has 0 fully saturated rings. The standard InChI is InChI=1S/C18H31NO/c1-6-15-9-11-16(12-10-15)17(7-2)19-18(14(4)5)13-20-8-3/h9-12,14,17-19H,6-8,13H2,1-5H3. The van der Waals surface area contributed by atoms with Crippen LogP contribution in [0.1, 0.15) is 58.2 Å². The summed E-state index contributed by atoms with van der Waals surface area (Å²) in [4.78, 5) is 0. The lowest BCUT2D eigenvalue weighted by Crippen LogP contribution is -2.40. The Hall–Kier alpha value is -0.860. The zero-order valence-electron chi connectivity index (χ0n) is 13.8. The zero-order valence-corrected chi connectivity index (χ0v) is 13.8. The third kappa shape index (κ3) is 5.26. The first kappa shape index (κ1) is 17.2. The summed E-state index contributed by atoms with van der Waals surface area (Å²) in [5.41, 5.74) is 2.78. The summed E-state index contributed by atoms with van der Waals surface area (Å²) in [6, 6.07) is 9.83. The molecule has 20 heavy (non-hydrogen) atoms. The first-order valence-electron chi connectivity index (χ1n) is 8.04. The SMILES string of the molecule is CCOCC(NC(CC)c1ccc(CC)cc1)C(C)C. The van der Waals surface area contributed by atoms with Crippen molar-refractivity contribution in [2.24, 2.45) is 5.92 Å². The number of rotatable bonds is 9. The van der Waals surface area contributed by atoms with Gasteiger partial charge in [-0.3, -0.25) is 0 Å². The van der Waals surface area contributed by atoms with Crippen molar-refractivity contribution in [3.05, 3.63) is 35.4 Å². The van der Waals surface area contributed by atoms with Gasteiger partial charge in [0.15, 0.2) is 0 Å². The maximum Gasteiger partial charge on any atom is 0.0622 e. The fourth-order valence-corrected chi connectivity index (χ4v) is 2.37. The minimum atomic E-state index is 0.408. The predicted octanol–water partition coefficient (Wildman–Crippen LogP) is 4.35. The quantitative estimate of drug-likeness (QED) is 0.724. The van der Waals surface area contributed by atoms with Gasteiger partial charge in [0.25, 0.3) is 0 Å². The Kier molecular flexibility index (Phi) is 7.86. The van der Waals surface area contributed by atoms with Gasteiger partial charge in [0.2, 0.25) is 0 Å². The van der Waals surface area contributed by atoms with E-state index in [9.17, 15) is 0 Å². The molecule has 0 aliphatic rings. The molecule has 0 aliphatic carbocycles. The molecule has 1 aromatic rings. The topological polar surface area (TPSA) is 21.3 Å². The van der Waals surface area contributed by atoms with Gasteiger partial charge < -0.3 is 10.1 Å². The van der Waals surface area contributed by atoms with Crippen molar-refractivity contribution >= 4 is 0 Å². The maximum absolute atomic E-state index is 5.61. The summed E-state index contributed by atoms with van der Waals surface area (Å²) in [5, 5.41) is 3.77. The van der Waals surface area contributed by atoms with E-state index in [4.69, 9.17) is 4.74 Å². The van der Waals surface area contributed by atoms with Gasteiger partial charge in [0.1, 0.15) is 0 Å².